The van der Waals surface area contributed by atoms with E-state index in [1.54, 1.807) is 7.05 Å². The summed E-state index contributed by atoms with van der Waals surface area (Å²) in [6, 6.07) is 0. The summed E-state index contributed by atoms with van der Waals surface area (Å²) >= 11 is 1.31. The van der Waals surface area contributed by atoms with Crippen LogP contribution in [0.3, 0.4) is 0 Å². The Hall–Kier alpha value is -1.30. The Morgan fingerprint density at radius 1 is 1.27 bits per heavy atom. The van der Waals surface area contributed by atoms with Gasteiger partial charge in [0.2, 0.25) is 0 Å². The zero-order valence-corrected chi connectivity index (χ0v) is 9.63. The van der Waals surface area contributed by atoms with Gasteiger partial charge < -0.3 is 0 Å². The molecule has 15 heavy (non-hydrogen) atoms. The molecule has 0 aliphatic rings. The Morgan fingerprint density at radius 2 is 1.87 bits per heavy atom. The number of nitrogens with zero attached hydrogens (tertiary/aromatic N) is 2. The summed E-state index contributed by atoms with van der Waals surface area (Å²) in [5.41, 5.74) is -0.906. The van der Waals surface area contributed by atoms with Crippen LogP contribution in [0.5, 0.6) is 0 Å². The van der Waals surface area contributed by atoms with Gasteiger partial charge in [0.05, 0.1) is 5.03 Å². The zero-order chi connectivity index (χ0) is 11.6. The highest BCUT2D eigenvalue weighted by molar-refractivity contribution is 7.99. The molecule has 0 amide bonds. The van der Waals surface area contributed by atoms with Gasteiger partial charge in [-0.1, -0.05) is 6.92 Å². The van der Waals surface area contributed by atoms with Crippen LogP contribution in [-0.4, -0.2) is 21.2 Å². The first-order valence-electron chi connectivity index (χ1n) is 4.42. The molecule has 0 fully saturated rings. The Labute approximate surface area is 90.7 Å². The lowest BCUT2D eigenvalue weighted by Gasteiger charge is -2.10. The number of thioether (sulfide) groups is 1. The first kappa shape index (κ1) is 11.8. The molecule has 1 rings (SSSR count). The number of hydrogen-bond donors (Lipinski definition) is 0. The molecular formula is C9H12N2O3S. The quantitative estimate of drug-likeness (QED) is 0.415. The number of carbonyl (C=O) groups is 1. The molecular weight excluding hydrogens is 216 g/mol. The highest BCUT2D eigenvalue weighted by Gasteiger charge is 2.14. The maximum Gasteiger partial charge on any atom is 0.331 e. The Kier molecular flexibility index (Phi) is 3.52. The van der Waals surface area contributed by atoms with Gasteiger partial charge in [-0.15, -0.1) is 11.8 Å². The van der Waals surface area contributed by atoms with Gasteiger partial charge in [0.25, 0.3) is 5.56 Å². The van der Waals surface area contributed by atoms with Gasteiger partial charge in [-0.05, 0) is 5.75 Å². The zero-order valence-electron chi connectivity index (χ0n) is 8.81. The van der Waals surface area contributed by atoms with E-state index in [-0.39, 0.29) is 5.56 Å². The van der Waals surface area contributed by atoms with Crippen molar-refractivity contribution >= 4 is 18.0 Å². The van der Waals surface area contributed by atoms with Crippen LogP contribution in [0.1, 0.15) is 17.3 Å². The monoisotopic (exact) mass is 228 g/mol. The summed E-state index contributed by atoms with van der Waals surface area (Å²) in [7, 11) is 2.91. The van der Waals surface area contributed by atoms with E-state index in [2.05, 4.69) is 0 Å². The molecule has 5 nitrogen and oxygen atoms in total. The lowest BCUT2D eigenvalue weighted by molar-refractivity contribution is 0.111. The van der Waals surface area contributed by atoms with E-state index < -0.39 is 11.2 Å². The minimum atomic E-state index is -0.538. The van der Waals surface area contributed by atoms with Gasteiger partial charge in [0.15, 0.2) is 6.29 Å². The molecule has 0 aliphatic heterocycles. The third kappa shape index (κ3) is 1.90. The number of carbonyl (C=O) groups excluding carboxylic acids is 1. The van der Waals surface area contributed by atoms with Gasteiger partial charge in [-0.2, -0.15) is 0 Å². The second-order valence-corrected chi connectivity index (χ2v) is 4.23. The molecule has 0 aromatic carbocycles. The predicted octanol–water partition coefficient (Wildman–Crippen LogP) is 0.00850. The van der Waals surface area contributed by atoms with Crippen LogP contribution in [0.2, 0.25) is 0 Å². The molecule has 6 heteroatoms. The van der Waals surface area contributed by atoms with E-state index in [1.807, 2.05) is 6.92 Å². The van der Waals surface area contributed by atoms with E-state index in [1.165, 1.54) is 23.4 Å². The number of aldehydes is 1. The molecule has 1 heterocycles. The van der Waals surface area contributed by atoms with E-state index >= 15 is 0 Å². The highest BCUT2D eigenvalue weighted by atomic mass is 32.2. The number of hydrogen-bond acceptors (Lipinski definition) is 4. The normalized spacial score (nSPS) is 10.3. The molecule has 82 valence electrons. The summed E-state index contributed by atoms with van der Waals surface area (Å²) in [6.07, 6.45) is 0.500. The topological polar surface area (TPSA) is 61.1 Å². The summed E-state index contributed by atoms with van der Waals surface area (Å²) in [5.74, 6) is 0.696. The molecule has 0 bridgehead atoms. The lowest BCUT2D eigenvalue weighted by Crippen LogP contribution is -2.39. The fourth-order valence-corrected chi connectivity index (χ4v) is 2.10. The van der Waals surface area contributed by atoms with Crippen LogP contribution in [0.4, 0.5) is 0 Å². The Balaban J connectivity index is 3.70. The Bertz CT molecular complexity index is 501. The fourth-order valence-electron chi connectivity index (χ4n) is 1.26. The first-order valence-corrected chi connectivity index (χ1v) is 5.41. The van der Waals surface area contributed by atoms with E-state index in [9.17, 15) is 14.4 Å². The van der Waals surface area contributed by atoms with Gasteiger partial charge >= 0.3 is 5.69 Å². The minimum absolute atomic E-state index is 0.0476. The van der Waals surface area contributed by atoms with Crippen molar-refractivity contribution < 1.29 is 4.79 Å². The third-order valence-corrected chi connectivity index (χ3v) is 3.10. The van der Waals surface area contributed by atoms with Crippen molar-refractivity contribution in [1.29, 1.82) is 0 Å². The van der Waals surface area contributed by atoms with Crippen molar-refractivity contribution in [2.45, 2.75) is 11.9 Å². The van der Waals surface area contributed by atoms with Crippen LogP contribution in [0.15, 0.2) is 14.6 Å². The molecule has 0 saturated heterocycles. The van der Waals surface area contributed by atoms with Crippen molar-refractivity contribution in [3.63, 3.8) is 0 Å². The summed E-state index contributed by atoms with van der Waals surface area (Å²) in [4.78, 5) is 33.9. The second kappa shape index (κ2) is 4.48. The fraction of sp³-hybridized carbons (Fsp3) is 0.444. The SMILES string of the molecule is CCSc1c(C=O)c(=O)n(C)c(=O)n1C. The molecule has 0 unspecified atom stereocenters. The van der Waals surface area contributed by atoms with E-state index in [0.29, 0.717) is 17.1 Å². The van der Waals surface area contributed by atoms with Crippen LogP contribution in [0.25, 0.3) is 0 Å². The van der Waals surface area contributed by atoms with Crippen LogP contribution < -0.4 is 11.2 Å². The number of rotatable bonds is 3. The predicted molar refractivity (Wildman–Crippen MR) is 58.7 cm³/mol. The van der Waals surface area contributed by atoms with Crippen molar-refractivity contribution in [2.75, 3.05) is 5.75 Å². The molecule has 0 spiro atoms. The van der Waals surface area contributed by atoms with Crippen LogP contribution in [-0.2, 0) is 14.1 Å². The van der Waals surface area contributed by atoms with Gasteiger partial charge in [0, 0.05) is 14.1 Å². The first-order chi connectivity index (χ1) is 7.04. The van der Waals surface area contributed by atoms with Crippen LogP contribution in [0, 0.1) is 0 Å². The molecule has 1 aromatic rings. The maximum atomic E-state index is 11.6. The summed E-state index contributed by atoms with van der Waals surface area (Å²) < 4.78 is 2.25. The number of aromatic nitrogens is 2. The minimum Gasteiger partial charge on any atom is -0.298 e. The largest absolute Gasteiger partial charge is 0.331 e. The van der Waals surface area contributed by atoms with Crippen LogP contribution >= 0.6 is 11.8 Å². The van der Waals surface area contributed by atoms with Crippen molar-refractivity contribution in [3.8, 4) is 0 Å². The standard InChI is InChI=1S/C9H12N2O3S/c1-4-15-8-6(5-12)7(13)10(2)9(14)11(8)3/h5H,4H2,1-3H3. The lowest BCUT2D eigenvalue weighted by atomic mass is 10.3. The van der Waals surface area contributed by atoms with E-state index in [4.69, 9.17) is 0 Å². The smallest absolute Gasteiger partial charge is 0.298 e. The average molecular weight is 228 g/mol. The average Bonchev–Trinajstić information content (AvgIpc) is 2.24. The molecule has 0 aliphatic carbocycles. The summed E-state index contributed by atoms with van der Waals surface area (Å²) in [5, 5.41) is 0.431. The molecule has 0 radical (unpaired) electrons. The van der Waals surface area contributed by atoms with Gasteiger partial charge in [-0.3, -0.25) is 18.7 Å². The second-order valence-electron chi connectivity index (χ2n) is 2.98. The van der Waals surface area contributed by atoms with E-state index in [0.717, 1.165) is 4.57 Å². The highest BCUT2D eigenvalue weighted by Crippen LogP contribution is 2.16. The molecule has 0 N–H and O–H groups in total. The van der Waals surface area contributed by atoms with Gasteiger partial charge in [-0.25, -0.2) is 4.79 Å². The molecule has 0 atom stereocenters. The third-order valence-electron chi connectivity index (χ3n) is 2.04. The van der Waals surface area contributed by atoms with Crippen molar-refractivity contribution in [1.82, 2.24) is 9.13 Å². The molecule has 0 saturated carbocycles. The van der Waals surface area contributed by atoms with Crippen molar-refractivity contribution in [2.24, 2.45) is 14.1 Å². The maximum absolute atomic E-state index is 11.6. The Morgan fingerprint density at radius 3 is 2.33 bits per heavy atom. The summed E-state index contributed by atoms with van der Waals surface area (Å²) in [6.45, 7) is 1.89. The van der Waals surface area contributed by atoms with Gasteiger partial charge in [0.1, 0.15) is 5.56 Å². The van der Waals surface area contributed by atoms with Crippen molar-refractivity contribution in [3.05, 3.63) is 26.4 Å². The molecule has 1 aromatic heterocycles.